The Morgan fingerprint density at radius 2 is 1.92 bits per heavy atom. The van der Waals surface area contributed by atoms with Crippen LogP contribution in [0.4, 0.5) is 0 Å². The van der Waals surface area contributed by atoms with Gasteiger partial charge in [0.05, 0.1) is 12.4 Å². The van der Waals surface area contributed by atoms with Crippen LogP contribution in [-0.2, 0) is 4.74 Å². The molecule has 0 aromatic heterocycles. The summed E-state index contributed by atoms with van der Waals surface area (Å²) in [5, 5.41) is 0. The number of ether oxygens (including phenoxy) is 1. The van der Waals surface area contributed by atoms with Gasteiger partial charge in [0.2, 0.25) is 0 Å². The zero-order valence-corrected chi connectivity index (χ0v) is 9.18. The molecule has 74 valence electrons. The average molecular weight is 180 g/mol. The second-order valence-electron chi connectivity index (χ2n) is 4.51. The predicted molar refractivity (Wildman–Crippen MR) is 56.5 cm³/mol. The van der Waals surface area contributed by atoms with Crippen molar-refractivity contribution >= 4 is 0 Å². The maximum absolute atomic E-state index is 5.46. The fraction of sp³-hybridized carbons (Fsp3) is 0.667. The Kier molecular flexibility index (Phi) is 3.18. The van der Waals surface area contributed by atoms with E-state index in [-0.39, 0.29) is 0 Å². The summed E-state index contributed by atoms with van der Waals surface area (Å²) >= 11 is 0. The molecule has 1 aliphatic carbocycles. The molecular weight excluding hydrogens is 160 g/mol. The van der Waals surface area contributed by atoms with Gasteiger partial charge in [-0.15, -0.1) is 0 Å². The molecular formula is C12H20O. The van der Waals surface area contributed by atoms with Crippen LogP contribution in [0, 0.1) is 5.41 Å². The standard InChI is InChI=1S/C12H20O/c1-5-13-11-8-6-10(7-9-11)12(2,3)4/h6,8H,5,7,9H2,1-4H3. The van der Waals surface area contributed by atoms with Crippen LogP contribution in [-0.4, -0.2) is 6.61 Å². The van der Waals surface area contributed by atoms with Gasteiger partial charge in [-0.2, -0.15) is 0 Å². The molecule has 0 aromatic rings. The van der Waals surface area contributed by atoms with E-state index in [4.69, 9.17) is 4.74 Å². The van der Waals surface area contributed by atoms with Gasteiger partial charge in [-0.3, -0.25) is 0 Å². The first-order valence-electron chi connectivity index (χ1n) is 5.07. The number of hydrogen-bond donors (Lipinski definition) is 0. The highest BCUT2D eigenvalue weighted by Crippen LogP contribution is 2.32. The van der Waals surface area contributed by atoms with Gasteiger partial charge in [-0.1, -0.05) is 32.4 Å². The van der Waals surface area contributed by atoms with Crippen molar-refractivity contribution in [2.45, 2.75) is 40.5 Å². The summed E-state index contributed by atoms with van der Waals surface area (Å²) in [6, 6.07) is 0. The molecule has 0 amide bonds. The molecule has 0 saturated heterocycles. The van der Waals surface area contributed by atoms with Crippen LogP contribution in [0.25, 0.3) is 0 Å². The van der Waals surface area contributed by atoms with Gasteiger partial charge in [0.25, 0.3) is 0 Å². The van der Waals surface area contributed by atoms with Crippen molar-refractivity contribution in [2.75, 3.05) is 6.61 Å². The summed E-state index contributed by atoms with van der Waals surface area (Å²) < 4.78 is 5.46. The second-order valence-corrected chi connectivity index (χ2v) is 4.51. The maximum Gasteiger partial charge on any atom is 0.0962 e. The summed E-state index contributed by atoms with van der Waals surface area (Å²) in [7, 11) is 0. The highest BCUT2D eigenvalue weighted by atomic mass is 16.5. The number of hydrogen-bond acceptors (Lipinski definition) is 1. The first-order valence-corrected chi connectivity index (χ1v) is 5.07. The molecule has 13 heavy (non-hydrogen) atoms. The largest absolute Gasteiger partial charge is 0.498 e. The van der Waals surface area contributed by atoms with Gasteiger partial charge in [0.15, 0.2) is 0 Å². The molecule has 0 bridgehead atoms. The van der Waals surface area contributed by atoms with E-state index in [1.807, 2.05) is 6.92 Å². The smallest absolute Gasteiger partial charge is 0.0962 e. The third-order valence-electron chi connectivity index (χ3n) is 2.40. The van der Waals surface area contributed by atoms with Gasteiger partial charge in [0.1, 0.15) is 0 Å². The van der Waals surface area contributed by atoms with Crippen molar-refractivity contribution in [1.82, 2.24) is 0 Å². The molecule has 1 rings (SSSR count). The minimum absolute atomic E-state index is 0.314. The monoisotopic (exact) mass is 180 g/mol. The van der Waals surface area contributed by atoms with Crippen LogP contribution in [0.1, 0.15) is 40.5 Å². The minimum atomic E-state index is 0.314. The van der Waals surface area contributed by atoms with Crippen LogP contribution in [0.2, 0.25) is 0 Å². The molecule has 1 aliphatic rings. The van der Waals surface area contributed by atoms with Crippen molar-refractivity contribution < 1.29 is 4.74 Å². The molecule has 0 spiro atoms. The lowest BCUT2D eigenvalue weighted by Crippen LogP contribution is -2.12. The Hall–Kier alpha value is -0.720. The van der Waals surface area contributed by atoms with E-state index in [1.54, 1.807) is 0 Å². The SMILES string of the molecule is CCOC1=CC=C(C(C)(C)C)CC1. The van der Waals surface area contributed by atoms with Gasteiger partial charge in [-0.05, 0) is 24.8 Å². The van der Waals surface area contributed by atoms with Gasteiger partial charge < -0.3 is 4.74 Å². The molecule has 0 N–H and O–H groups in total. The lowest BCUT2D eigenvalue weighted by molar-refractivity contribution is 0.216. The molecule has 0 unspecified atom stereocenters. The fourth-order valence-corrected chi connectivity index (χ4v) is 1.55. The van der Waals surface area contributed by atoms with Crippen molar-refractivity contribution in [3.05, 3.63) is 23.5 Å². The molecule has 0 atom stereocenters. The van der Waals surface area contributed by atoms with Gasteiger partial charge in [-0.25, -0.2) is 0 Å². The lowest BCUT2D eigenvalue weighted by Gasteiger charge is -2.25. The van der Waals surface area contributed by atoms with E-state index in [9.17, 15) is 0 Å². The second kappa shape index (κ2) is 3.99. The Balaban J connectivity index is 2.65. The summed E-state index contributed by atoms with van der Waals surface area (Å²) in [6.45, 7) is 9.60. The van der Waals surface area contributed by atoms with E-state index < -0.39 is 0 Å². The van der Waals surface area contributed by atoms with Gasteiger partial charge >= 0.3 is 0 Å². The quantitative estimate of drug-likeness (QED) is 0.630. The zero-order valence-electron chi connectivity index (χ0n) is 9.18. The van der Waals surface area contributed by atoms with Crippen LogP contribution in [0.3, 0.4) is 0 Å². The molecule has 0 aromatic carbocycles. The van der Waals surface area contributed by atoms with E-state index in [0.29, 0.717) is 5.41 Å². The van der Waals surface area contributed by atoms with E-state index in [1.165, 1.54) is 5.57 Å². The summed E-state index contributed by atoms with van der Waals surface area (Å²) in [5.74, 6) is 1.13. The molecule has 1 heteroatoms. The first-order chi connectivity index (χ1) is 6.04. The Labute approximate surface area is 81.5 Å². The van der Waals surface area contributed by atoms with Crippen LogP contribution in [0.15, 0.2) is 23.5 Å². The minimum Gasteiger partial charge on any atom is -0.498 e. The first kappa shape index (κ1) is 10.4. The van der Waals surface area contributed by atoms with Gasteiger partial charge in [0, 0.05) is 6.42 Å². The zero-order chi connectivity index (χ0) is 9.90. The molecule has 0 radical (unpaired) electrons. The molecule has 0 heterocycles. The molecule has 1 nitrogen and oxygen atoms in total. The van der Waals surface area contributed by atoms with Crippen LogP contribution in [0.5, 0.6) is 0 Å². The number of allylic oxidation sites excluding steroid dienone is 4. The summed E-state index contributed by atoms with van der Waals surface area (Å²) in [6.07, 6.45) is 6.55. The normalized spacial score (nSPS) is 17.8. The van der Waals surface area contributed by atoms with Crippen LogP contribution >= 0.6 is 0 Å². The predicted octanol–water partition coefficient (Wildman–Crippen LogP) is 3.67. The Morgan fingerprint density at radius 1 is 1.23 bits per heavy atom. The summed E-state index contributed by atoms with van der Waals surface area (Å²) in [5.41, 5.74) is 1.84. The van der Waals surface area contributed by atoms with Crippen LogP contribution < -0.4 is 0 Å². The average Bonchev–Trinajstić information content (AvgIpc) is 2.04. The molecule has 0 saturated carbocycles. The molecule has 0 aliphatic heterocycles. The summed E-state index contributed by atoms with van der Waals surface area (Å²) in [4.78, 5) is 0. The lowest BCUT2D eigenvalue weighted by atomic mass is 9.82. The number of rotatable bonds is 2. The Bertz CT molecular complexity index is 228. The van der Waals surface area contributed by atoms with E-state index >= 15 is 0 Å². The highest BCUT2D eigenvalue weighted by Gasteiger charge is 2.18. The topological polar surface area (TPSA) is 9.23 Å². The third kappa shape index (κ3) is 2.91. The third-order valence-corrected chi connectivity index (χ3v) is 2.40. The van der Waals surface area contributed by atoms with Crippen molar-refractivity contribution in [3.63, 3.8) is 0 Å². The molecule has 0 fully saturated rings. The van der Waals surface area contributed by atoms with Crippen molar-refractivity contribution in [2.24, 2.45) is 5.41 Å². The van der Waals surface area contributed by atoms with E-state index in [0.717, 1.165) is 25.2 Å². The fourth-order valence-electron chi connectivity index (χ4n) is 1.55. The van der Waals surface area contributed by atoms with Crippen molar-refractivity contribution in [1.29, 1.82) is 0 Å². The maximum atomic E-state index is 5.46. The van der Waals surface area contributed by atoms with Crippen molar-refractivity contribution in [3.8, 4) is 0 Å². The Morgan fingerprint density at radius 3 is 2.31 bits per heavy atom. The highest BCUT2D eigenvalue weighted by molar-refractivity contribution is 5.24. The van der Waals surface area contributed by atoms with E-state index in [2.05, 4.69) is 32.9 Å².